The van der Waals surface area contributed by atoms with Gasteiger partial charge in [0.25, 0.3) is 5.91 Å². The molecule has 1 aromatic heterocycles. The number of nitrogens with two attached hydrogens (primary N) is 1. The van der Waals surface area contributed by atoms with Gasteiger partial charge in [-0.05, 0) is 32.9 Å². The molecule has 1 heterocycles. The van der Waals surface area contributed by atoms with E-state index in [0.29, 0.717) is 24.4 Å². The van der Waals surface area contributed by atoms with Crippen LogP contribution in [0, 0.1) is 11.8 Å². The molecule has 0 saturated carbocycles. The van der Waals surface area contributed by atoms with Crippen molar-refractivity contribution < 1.29 is 9.53 Å². The lowest BCUT2D eigenvalue weighted by Gasteiger charge is -2.24. The standard InChI is InChI=1S/C15H21N3O2/c1-4-20-15(2,3)11-18-14(19)13-12(7-5-9-16)8-6-10-17-13/h6,8,10H,4,9,11,16H2,1-3H3,(H,18,19). The molecule has 0 aromatic carbocycles. The summed E-state index contributed by atoms with van der Waals surface area (Å²) in [6, 6.07) is 3.49. The molecule has 3 N–H and O–H groups in total. The van der Waals surface area contributed by atoms with Crippen molar-refractivity contribution in [1.29, 1.82) is 0 Å². The lowest BCUT2D eigenvalue weighted by molar-refractivity contribution is -0.00818. The van der Waals surface area contributed by atoms with Gasteiger partial charge < -0.3 is 15.8 Å². The Morgan fingerprint density at radius 3 is 2.95 bits per heavy atom. The molecule has 20 heavy (non-hydrogen) atoms. The summed E-state index contributed by atoms with van der Waals surface area (Å²) >= 11 is 0. The summed E-state index contributed by atoms with van der Waals surface area (Å²) in [5, 5.41) is 2.82. The van der Waals surface area contributed by atoms with Gasteiger partial charge in [0.1, 0.15) is 5.69 Å². The van der Waals surface area contributed by atoms with E-state index in [9.17, 15) is 4.79 Å². The van der Waals surface area contributed by atoms with Crippen molar-refractivity contribution in [1.82, 2.24) is 10.3 Å². The molecule has 0 aliphatic carbocycles. The Morgan fingerprint density at radius 1 is 1.55 bits per heavy atom. The third kappa shape index (κ3) is 5.00. The fraction of sp³-hybridized carbons (Fsp3) is 0.467. The van der Waals surface area contributed by atoms with Crippen LogP contribution in [0.4, 0.5) is 0 Å². The Kier molecular flexibility index (Phi) is 6.16. The normalized spacial score (nSPS) is 10.6. The molecule has 0 atom stereocenters. The molecule has 0 saturated heterocycles. The highest BCUT2D eigenvalue weighted by molar-refractivity contribution is 5.94. The number of hydrogen-bond acceptors (Lipinski definition) is 4. The number of hydrogen-bond donors (Lipinski definition) is 2. The summed E-state index contributed by atoms with van der Waals surface area (Å²) in [5.74, 6) is 5.31. The Balaban J connectivity index is 2.78. The molecule has 1 aromatic rings. The minimum absolute atomic E-state index is 0.243. The smallest absolute Gasteiger partial charge is 0.271 e. The molecule has 1 amide bonds. The van der Waals surface area contributed by atoms with Gasteiger partial charge in [-0.1, -0.05) is 11.8 Å². The molecular weight excluding hydrogens is 254 g/mol. The van der Waals surface area contributed by atoms with Crippen molar-refractivity contribution in [2.45, 2.75) is 26.4 Å². The second-order valence-electron chi connectivity index (χ2n) is 4.78. The average molecular weight is 275 g/mol. The second kappa shape index (κ2) is 7.63. The number of carbonyl (C=O) groups is 1. The molecule has 0 unspecified atom stereocenters. The van der Waals surface area contributed by atoms with Crippen LogP contribution in [0.5, 0.6) is 0 Å². The summed E-state index contributed by atoms with van der Waals surface area (Å²) in [6.07, 6.45) is 1.57. The predicted octanol–water partition coefficient (Wildman–Crippen LogP) is 0.937. The van der Waals surface area contributed by atoms with Crippen LogP contribution in [0.1, 0.15) is 36.8 Å². The minimum Gasteiger partial charge on any atom is -0.374 e. The third-order valence-corrected chi connectivity index (χ3v) is 2.56. The molecular formula is C15H21N3O2. The van der Waals surface area contributed by atoms with Crippen molar-refractivity contribution >= 4 is 5.91 Å². The highest BCUT2D eigenvalue weighted by Crippen LogP contribution is 2.08. The number of pyridine rings is 1. The number of nitrogens with zero attached hydrogens (tertiary/aromatic N) is 1. The second-order valence-corrected chi connectivity index (χ2v) is 4.78. The minimum atomic E-state index is -0.414. The first-order valence-corrected chi connectivity index (χ1v) is 6.56. The zero-order chi connectivity index (χ0) is 15.0. The average Bonchev–Trinajstić information content (AvgIpc) is 2.43. The summed E-state index contributed by atoms with van der Waals surface area (Å²) in [6.45, 7) is 7.00. The van der Waals surface area contributed by atoms with Gasteiger partial charge in [-0.3, -0.25) is 4.79 Å². The SMILES string of the molecule is CCOC(C)(C)CNC(=O)c1ncccc1C#CCN. The van der Waals surface area contributed by atoms with Gasteiger partial charge in [-0.15, -0.1) is 0 Å². The Morgan fingerprint density at radius 2 is 2.30 bits per heavy atom. The zero-order valence-corrected chi connectivity index (χ0v) is 12.2. The third-order valence-electron chi connectivity index (χ3n) is 2.56. The summed E-state index contributed by atoms with van der Waals surface area (Å²) in [7, 11) is 0. The van der Waals surface area contributed by atoms with E-state index >= 15 is 0 Å². The molecule has 0 spiro atoms. The first-order valence-electron chi connectivity index (χ1n) is 6.56. The van der Waals surface area contributed by atoms with Gasteiger partial charge in [-0.25, -0.2) is 4.98 Å². The van der Waals surface area contributed by atoms with Gasteiger partial charge in [0.2, 0.25) is 0 Å². The van der Waals surface area contributed by atoms with Gasteiger partial charge >= 0.3 is 0 Å². The molecule has 1 rings (SSSR count). The monoisotopic (exact) mass is 275 g/mol. The number of ether oxygens (including phenoxy) is 1. The first-order chi connectivity index (χ1) is 9.50. The van der Waals surface area contributed by atoms with E-state index in [0.717, 1.165) is 0 Å². The van der Waals surface area contributed by atoms with Crippen molar-refractivity contribution in [3.05, 3.63) is 29.6 Å². The van der Waals surface area contributed by atoms with Crippen molar-refractivity contribution in [2.24, 2.45) is 5.73 Å². The van der Waals surface area contributed by atoms with E-state index in [2.05, 4.69) is 22.1 Å². The molecule has 108 valence electrons. The van der Waals surface area contributed by atoms with E-state index in [4.69, 9.17) is 10.5 Å². The molecule has 5 nitrogen and oxygen atoms in total. The van der Waals surface area contributed by atoms with Crippen LogP contribution in [-0.2, 0) is 4.74 Å². The van der Waals surface area contributed by atoms with Crippen LogP contribution in [0.3, 0.4) is 0 Å². The number of amides is 1. The largest absolute Gasteiger partial charge is 0.374 e. The van der Waals surface area contributed by atoms with Crippen LogP contribution >= 0.6 is 0 Å². The van der Waals surface area contributed by atoms with E-state index in [-0.39, 0.29) is 12.5 Å². The fourth-order valence-electron chi connectivity index (χ4n) is 1.65. The van der Waals surface area contributed by atoms with Crippen LogP contribution in [0.25, 0.3) is 0 Å². The maximum atomic E-state index is 12.2. The maximum Gasteiger partial charge on any atom is 0.271 e. The summed E-state index contributed by atoms with van der Waals surface area (Å²) < 4.78 is 5.53. The van der Waals surface area contributed by atoms with Crippen LogP contribution in [-0.4, -0.2) is 36.2 Å². The predicted molar refractivity (Wildman–Crippen MR) is 78.2 cm³/mol. The quantitative estimate of drug-likeness (QED) is 0.784. The lowest BCUT2D eigenvalue weighted by atomic mass is 10.1. The first kappa shape index (κ1) is 16.2. The maximum absolute atomic E-state index is 12.2. The molecule has 0 fully saturated rings. The lowest BCUT2D eigenvalue weighted by Crippen LogP contribution is -2.40. The van der Waals surface area contributed by atoms with E-state index in [1.165, 1.54) is 0 Å². The Labute approximate surface area is 119 Å². The van der Waals surface area contributed by atoms with Crippen molar-refractivity contribution in [3.8, 4) is 11.8 Å². The van der Waals surface area contributed by atoms with Crippen LogP contribution < -0.4 is 11.1 Å². The number of nitrogens with one attached hydrogen (secondary N) is 1. The molecule has 0 aliphatic heterocycles. The molecule has 0 aliphatic rings. The number of carbonyl (C=O) groups excluding carboxylic acids is 1. The van der Waals surface area contributed by atoms with Gasteiger partial charge in [0.05, 0.1) is 17.7 Å². The highest BCUT2D eigenvalue weighted by Gasteiger charge is 2.20. The molecule has 0 bridgehead atoms. The van der Waals surface area contributed by atoms with Crippen LogP contribution in [0.15, 0.2) is 18.3 Å². The van der Waals surface area contributed by atoms with Crippen molar-refractivity contribution in [2.75, 3.05) is 19.7 Å². The summed E-state index contributed by atoms with van der Waals surface area (Å²) in [4.78, 5) is 16.2. The summed E-state index contributed by atoms with van der Waals surface area (Å²) in [5.41, 5.74) is 5.81. The number of aromatic nitrogens is 1. The zero-order valence-electron chi connectivity index (χ0n) is 12.2. The molecule has 0 radical (unpaired) electrons. The van der Waals surface area contributed by atoms with E-state index in [1.807, 2.05) is 20.8 Å². The van der Waals surface area contributed by atoms with E-state index < -0.39 is 5.60 Å². The topological polar surface area (TPSA) is 77.2 Å². The van der Waals surface area contributed by atoms with Gasteiger partial charge in [0.15, 0.2) is 0 Å². The number of rotatable bonds is 5. The highest BCUT2D eigenvalue weighted by atomic mass is 16.5. The fourth-order valence-corrected chi connectivity index (χ4v) is 1.65. The van der Waals surface area contributed by atoms with Gasteiger partial charge in [-0.2, -0.15) is 0 Å². The van der Waals surface area contributed by atoms with E-state index in [1.54, 1.807) is 18.3 Å². The van der Waals surface area contributed by atoms with Crippen molar-refractivity contribution in [3.63, 3.8) is 0 Å². The van der Waals surface area contributed by atoms with Gasteiger partial charge in [0, 0.05) is 19.3 Å². The molecule has 5 heteroatoms. The Hall–Kier alpha value is -1.90. The Bertz CT molecular complexity index is 515. The van der Waals surface area contributed by atoms with Crippen LogP contribution in [0.2, 0.25) is 0 Å².